The molecule has 0 aliphatic carbocycles. The maximum Gasteiger partial charge on any atom is 0.338 e. The number of phenolic OH excluding ortho intramolecular Hbond substituents is 23. The molecular weight excluding hydrogens is 1540 g/mol. The van der Waals surface area contributed by atoms with E-state index in [1.807, 2.05) is 13.8 Å². The Labute approximate surface area is 670 Å². The second-order valence-corrected chi connectivity index (χ2v) is 27.6. The Morgan fingerprint density at radius 1 is 0.222 bits per heavy atom. The monoisotopic (exact) mass is 1640 g/mol. The van der Waals surface area contributed by atoms with Gasteiger partial charge in [0.2, 0.25) is 0 Å². The van der Waals surface area contributed by atoms with Crippen molar-refractivity contribution in [3.63, 3.8) is 0 Å². The van der Waals surface area contributed by atoms with Crippen molar-refractivity contribution in [3.8, 4) is 132 Å². The molecule has 0 saturated heterocycles. The Hall–Kier alpha value is -14.3. The van der Waals surface area contributed by atoms with E-state index in [4.69, 9.17) is 116 Å². The minimum atomic E-state index is -0.671. The molecule has 0 saturated carbocycles. The molecular formula is C82H100O35. The van der Waals surface area contributed by atoms with E-state index in [9.17, 15) is 58.8 Å². The molecule has 35 nitrogen and oxygen atoms in total. The van der Waals surface area contributed by atoms with Gasteiger partial charge in [-0.15, -0.1) is 0 Å². The lowest BCUT2D eigenvalue weighted by atomic mass is 9.99. The molecule has 8 aromatic rings. The molecule has 0 atom stereocenters. The van der Waals surface area contributed by atoms with Gasteiger partial charge in [0.15, 0.2) is 155 Å². The number of benzene rings is 8. The molecule has 0 heterocycles. The molecule has 35 heteroatoms. The molecule has 23 N–H and O–H groups in total. The Morgan fingerprint density at radius 2 is 0.368 bits per heavy atom. The number of aromatic hydroxyl groups is 23. The van der Waals surface area contributed by atoms with Crippen LogP contribution in [0.2, 0.25) is 0 Å². The quantitative estimate of drug-likeness (QED) is 0.0174. The highest BCUT2D eigenvalue weighted by Gasteiger charge is 2.23. The predicted octanol–water partition coefficient (Wildman–Crippen LogP) is 12.9. The summed E-state index contributed by atoms with van der Waals surface area (Å²) in [5, 5.41) is 210. The number of carbonyl (C=O) groups excluding carboxylic acids is 8. The number of aryl methyl sites for hydroxylation is 1. The minimum absolute atomic E-state index is 0.00606. The molecule has 0 spiro atoms. The number of phenols is 23. The van der Waals surface area contributed by atoms with Crippen molar-refractivity contribution in [1.29, 1.82) is 0 Å². The molecule has 638 valence electrons. The Morgan fingerprint density at radius 3 is 0.513 bits per heavy atom. The van der Waals surface area contributed by atoms with Crippen LogP contribution in [0.15, 0.2) is 97.1 Å². The maximum atomic E-state index is 11.6. The van der Waals surface area contributed by atoms with Crippen molar-refractivity contribution in [2.45, 2.75) is 136 Å². The van der Waals surface area contributed by atoms with Gasteiger partial charge >= 0.3 is 23.9 Å². The summed E-state index contributed by atoms with van der Waals surface area (Å²) >= 11 is 0. The summed E-state index contributed by atoms with van der Waals surface area (Å²) in [5.74, 6) is -16.2. The zero-order valence-electron chi connectivity index (χ0n) is 66.7. The fraction of sp³-hybridized carbons (Fsp3) is 0.317. The zero-order valence-corrected chi connectivity index (χ0v) is 66.7. The van der Waals surface area contributed by atoms with Gasteiger partial charge in [0.25, 0.3) is 0 Å². The first-order valence-electron chi connectivity index (χ1n) is 35.1. The summed E-state index contributed by atoms with van der Waals surface area (Å²) in [7, 11) is 0. The third-order valence-corrected chi connectivity index (χ3v) is 14.5. The molecule has 0 unspecified atom stereocenters. The van der Waals surface area contributed by atoms with Gasteiger partial charge in [0.05, 0.1) is 47.2 Å². The van der Waals surface area contributed by atoms with E-state index < -0.39 is 145 Å². The first-order valence-corrected chi connectivity index (χ1v) is 35.1. The summed E-state index contributed by atoms with van der Waals surface area (Å²) in [6.07, 6.45) is -0.887. The van der Waals surface area contributed by atoms with Gasteiger partial charge in [-0.05, 0) is 157 Å². The summed E-state index contributed by atoms with van der Waals surface area (Å²) in [6, 6.07) is 17.9. The highest BCUT2D eigenvalue weighted by molar-refractivity contribution is 6.01. The van der Waals surface area contributed by atoms with Crippen LogP contribution in [0.4, 0.5) is 0 Å². The lowest BCUT2D eigenvalue weighted by Gasteiger charge is -2.09. The van der Waals surface area contributed by atoms with E-state index in [0.29, 0.717) is 11.1 Å². The van der Waals surface area contributed by atoms with Crippen LogP contribution in [0.5, 0.6) is 132 Å². The first kappa shape index (κ1) is 101. The van der Waals surface area contributed by atoms with Crippen LogP contribution < -0.4 is 0 Å². The standard InChI is InChI=1S/C11H14O5.C11H14O3.3C10H12O5.3C10H12O4/c1-6(2)5-16-11(15)7-3-8(12)10(14)9(13)4-7;1-6(2)10(13)8-4-7(3)11(14)9(12)5-8;3*1-5(2)15-10(14)6-3-7(11)9(13)8(12)4-6;3*1-5(2)9(13)6-3-7(11)10(14)8(12)4-6/h3-4,6,12-14H,5H2,1-2H3;4-6,12,14H,1-3H3;3*3-5,11-13H,1-2H3;3*3-5,11-12,14H,1-2H3. The SMILES string of the molecule is CC(C)C(=O)c1cc(O)c(O)c(O)c1.CC(C)C(=O)c1cc(O)c(O)c(O)c1.CC(C)C(=O)c1cc(O)c(O)c(O)c1.CC(C)COC(=O)c1cc(O)c(O)c(O)c1.CC(C)OC(=O)c1cc(O)c(O)c(O)c1.CC(C)OC(=O)c1cc(O)c(O)c(O)c1.CC(C)OC(=O)c1cc(O)c(O)c(O)c1.Cc1cc(C(=O)C(C)C)cc(O)c1O. The number of carbonyl (C=O) groups is 8. The van der Waals surface area contributed by atoms with Crippen molar-refractivity contribution < 1.29 is 175 Å². The molecule has 0 radical (unpaired) electrons. The number of ketones is 4. The molecule has 0 bridgehead atoms. The van der Waals surface area contributed by atoms with Crippen LogP contribution in [0, 0.1) is 36.5 Å². The molecule has 117 heavy (non-hydrogen) atoms. The zero-order chi connectivity index (χ0) is 90.6. The minimum Gasteiger partial charge on any atom is -0.504 e. The lowest BCUT2D eigenvalue weighted by molar-refractivity contribution is 0.0366. The number of ether oxygens (including phenoxy) is 4. The smallest absolute Gasteiger partial charge is 0.338 e. The van der Waals surface area contributed by atoms with Crippen LogP contribution in [0.1, 0.15) is 199 Å². The van der Waals surface area contributed by atoms with Crippen molar-refractivity contribution in [2.75, 3.05) is 6.61 Å². The van der Waals surface area contributed by atoms with Gasteiger partial charge in [0, 0.05) is 45.9 Å². The summed E-state index contributed by atoms with van der Waals surface area (Å²) in [6.45, 7) is 29.6. The van der Waals surface area contributed by atoms with E-state index in [-0.39, 0.29) is 128 Å². The van der Waals surface area contributed by atoms with Gasteiger partial charge in [-0.25, -0.2) is 19.2 Å². The second kappa shape index (κ2) is 45.4. The van der Waals surface area contributed by atoms with Crippen molar-refractivity contribution >= 4 is 47.0 Å². The van der Waals surface area contributed by atoms with E-state index in [2.05, 4.69) is 0 Å². The average molecular weight is 1650 g/mol. The van der Waals surface area contributed by atoms with Crippen molar-refractivity contribution in [1.82, 2.24) is 0 Å². The van der Waals surface area contributed by atoms with E-state index in [1.54, 1.807) is 110 Å². The highest BCUT2D eigenvalue weighted by atomic mass is 16.6. The van der Waals surface area contributed by atoms with E-state index in [1.165, 1.54) is 6.07 Å². The molecule has 0 fully saturated rings. The molecule has 0 aliphatic rings. The molecule has 0 amide bonds. The van der Waals surface area contributed by atoms with Crippen LogP contribution >= 0.6 is 0 Å². The van der Waals surface area contributed by atoms with Gasteiger partial charge in [0.1, 0.15) is 0 Å². The first-order chi connectivity index (χ1) is 53.9. The summed E-state index contributed by atoms with van der Waals surface area (Å²) in [4.78, 5) is 91.4. The Kier molecular flexibility index (Phi) is 39.1. The predicted molar refractivity (Wildman–Crippen MR) is 418 cm³/mol. The van der Waals surface area contributed by atoms with Gasteiger partial charge in [-0.2, -0.15) is 0 Å². The number of esters is 4. The van der Waals surface area contributed by atoms with Crippen LogP contribution in [0.3, 0.4) is 0 Å². The van der Waals surface area contributed by atoms with Crippen LogP contribution in [0.25, 0.3) is 0 Å². The molecule has 8 aromatic carbocycles. The van der Waals surface area contributed by atoms with E-state index in [0.717, 1.165) is 84.9 Å². The third kappa shape index (κ3) is 31.7. The van der Waals surface area contributed by atoms with E-state index >= 15 is 0 Å². The average Bonchev–Trinajstić information content (AvgIpc) is 0.870. The number of rotatable bonds is 17. The van der Waals surface area contributed by atoms with Crippen molar-refractivity contribution in [3.05, 3.63) is 147 Å². The second-order valence-electron chi connectivity index (χ2n) is 27.6. The lowest BCUT2D eigenvalue weighted by Crippen LogP contribution is -2.11. The van der Waals surface area contributed by atoms with Crippen LogP contribution in [-0.4, -0.2) is 189 Å². The largest absolute Gasteiger partial charge is 0.504 e. The topological polar surface area (TPSA) is 639 Å². The van der Waals surface area contributed by atoms with Crippen molar-refractivity contribution in [2.24, 2.45) is 29.6 Å². The Balaban J connectivity index is 0.000000669. The number of hydrogen-bond donors (Lipinski definition) is 23. The van der Waals surface area contributed by atoms with Gasteiger partial charge < -0.3 is 136 Å². The van der Waals surface area contributed by atoms with Gasteiger partial charge in [-0.3, -0.25) is 19.2 Å². The normalized spacial score (nSPS) is 10.4. The van der Waals surface area contributed by atoms with Crippen LogP contribution in [-0.2, 0) is 18.9 Å². The third-order valence-electron chi connectivity index (χ3n) is 14.5. The fourth-order valence-electron chi connectivity index (χ4n) is 8.54. The molecule has 0 aliphatic heterocycles. The maximum absolute atomic E-state index is 11.6. The summed E-state index contributed by atoms with van der Waals surface area (Å²) < 4.78 is 19.4. The fourth-order valence-corrected chi connectivity index (χ4v) is 8.54. The molecule has 8 rings (SSSR count). The summed E-state index contributed by atoms with van der Waals surface area (Å²) in [5.41, 5.74) is 1.45. The van der Waals surface area contributed by atoms with Gasteiger partial charge in [-0.1, -0.05) is 69.2 Å². The number of Topliss-reactive ketones (excluding diaryl/α,β-unsaturated/α-hetero) is 4. The highest BCUT2D eigenvalue weighted by Crippen LogP contribution is 2.42. The number of hydrogen-bond acceptors (Lipinski definition) is 35. The Bertz CT molecular complexity index is 4160. The molecule has 0 aromatic heterocycles.